The van der Waals surface area contributed by atoms with Crippen LogP contribution in [-0.4, -0.2) is 34.9 Å². The molecule has 0 bridgehead atoms. The molecular weight excluding hydrogens is 711 g/mol. The predicted octanol–water partition coefficient (Wildman–Crippen LogP) is 16.0. The molecule has 2 atom stereocenters. The van der Waals surface area contributed by atoms with Crippen molar-refractivity contribution < 1.29 is 15.0 Å². The molecule has 0 aliphatic rings. The van der Waals surface area contributed by atoms with Gasteiger partial charge in [-0.25, -0.2) is 0 Å². The number of nitrogens with one attached hydrogen (secondary N) is 1. The Kier molecular flexibility index (Phi) is 46.9. The highest BCUT2D eigenvalue weighted by Gasteiger charge is 2.17. The minimum absolute atomic E-state index is 0.0783. The molecule has 0 spiro atoms. The van der Waals surface area contributed by atoms with Crippen molar-refractivity contribution in [2.75, 3.05) is 6.61 Å². The molecule has 0 heterocycles. The predicted molar refractivity (Wildman–Crippen MR) is 257 cm³/mol. The van der Waals surface area contributed by atoms with Crippen LogP contribution < -0.4 is 5.32 Å². The molecule has 4 nitrogen and oxygen atoms in total. The average Bonchev–Trinajstić information content (AvgIpc) is 3.23. The molecule has 0 aliphatic heterocycles. The Bertz CT molecular complexity index is 1050. The van der Waals surface area contributed by atoms with Gasteiger partial charge in [-0.05, 0) is 70.6 Å². The van der Waals surface area contributed by atoms with Gasteiger partial charge in [0.05, 0.1) is 18.8 Å². The lowest BCUT2D eigenvalue weighted by atomic mass is 10.0. The van der Waals surface area contributed by atoms with Gasteiger partial charge in [0.25, 0.3) is 0 Å². The first kappa shape index (κ1) is 55.6. The molecule has 0 aromatic heterocycles. The van der Waals surface area contributed by atoms with Crippen molar-refractivity contribution in [3.8, 4) is 0 Å². The Hall–Kier alpha value is -2.43. The largest absolute Gasteiger partial charge is 0.394 e. The zero-order valence-electron chi connectivity index (χ0n) is 38.3. The number of allylic oxidation sites excluding steroid dienone is 13. The number of carbonyl (C=O) groups excluding carboxylic acids is 1. The molecule has 0 saturated carbocycles. The molecule has 3 N–H and O–H groups in total. The van der Waals surface area contributed by atoms with Crippen LogP contribution in [0.1, 0.15) is 232 Å². The Morgan fingerprint density at radius 1 is 0.431 bits per heavy atom. The molecular formula is C54H95NO3. The third-order valence-corrected chi connectivity index (χ3v) is 10.8. The van der Waals surface area contributed by atoms with Crippen LogP contribution in [0, 0.1) is 0 Å². The number of unbranched alkanes of at least 4 members (excludes halogenated alkanes) is 25. The Labute approximate surface area is 361 Å². The number of carbonyl (C=O) groups is 1. The van der Waals surface area contributed by atoms with Gasteiger partial charge in [0.2, 0.25) is 5.91 Å². The fourth-order valence-corrected chi connectivity index (χ4v) is 7.11. The summed E-state index contributed by atoms with van der Waals surface area (Å²) in [6.45, 7) is 4.07. The minimum atomic E-state index is -0.859. The van der Waals surface area contributed by atoms with Gasteiger partial charge in [0, 0.05) is 6.42 Å². The van der Waals surface area contributed by atoms with E-state index >= 15 is 0 Å². The van der Waals surface area contributed by atoms with Crippen LogP contribution in [0.5, 0.6) is 0 Å². The normalized spacial score (nSPS) is 13.7. The van der Waals surface area contributed by atoms with Crippen molar-refractivity contribution in [3.63, 3.8) is 0 Å². The number of hydrogen-bond donors (Lipinski definition) is 3. The number of amides is 1. The van der Waals surface area contributed by atoms with Crippen LogP contribution in [0.3, 0.4) is 0 Å². The van der Waals surface area contributed by atoms with Gasteiger partial charge in [-0.2, -0.15) is 0 Å². The van der Waals surface area contributed by atoms with Gasteiger partial charge in [-0.1, -0.05) is 240 Å². The summed E-state index contributed by atoms with van der Waals surface area (Å²) in [5.74, 6) is -0.0783. The smallest absolute Gasteiger partial charge is 0.220 e. The number of aliphatic hydroxyl groups is 2. The zero-order valence-corrected chi connectivity index (χ0v) is 38.3. The lowest BCUT2D eigenvalue weighted by Crippen LogP contribution is -2.45. The van der Waals surface area contributed by atoms with E-state index in [2.05, 4.69) is 92.1 Å². The summed E-state index contributed by atoms with van der Waals surface area (Å²) in [6.07, 6.45) is 71.9. The maximum atomic E-state index is 12.3. The standard InChI is InChI=1S/C54H95NO3/c1-3-5-7-9-11-12-13-14-15-16-17-18-19-20-21-22-23-24-25-26-27-28-29-30-31-32-33-34-35-36-37-38-39-40-41-42-44-46-48-50-54(58)55-52(51-56)53(57)49-47-45-43-10-8-6-4-2/h5,7-8,10-12,14-15,17-18,20-21,47,49,52-53,56-57H,3-4,6,9,13,16,19,22-46,48,50-51H2,1-2H3,(H,55,58)/b7-5-,10-8+,12-11-,15-14-,18-17-,21-20-,49-47+. The van der Waals surface area contributed by atoms with E-state index in [1.165, 1.54) is 141 Å². The van der Waals surface area contributed by atoms with Gasteiger partial charge in [0.15, 0.2) is 0 Å². The molecule has 58 heavy (non-hydrogen) atoms. The third kappa shape index (κ3) is 44.7. The molecule has 0 fully saturated rings. The van der Waals surface area contributed by atoms with E-state index in [9.17, 15) is 15.0 Å². The molecule has 0 radical (unpaired) electrons. The highest BCUT2D eigenvalue weighted by atomic mass is 16.3. The summed E-state index contributed by atoms with van der Waals surface area (Å²) in [4.78, 5) is 12.3. The Morgan fingerprint density at radius 2 is 0.776 bits per heavy atom. The van der Waals surface area contributed by atoms with Gasteiger partial charge in [-0.3, -0.25) is 4.79 Å². The maximum absolute atomic E-state index is 12.3. The molecule has 0 aliphatic carbocycles. The van der Waals surface area contributed by atoms with Crippen LogP contribution in [0.2, 0.25) is 0 Å². The quantitative estimate of drug-likeness (QED) is 0.0424. The minimum Gasteiger partial charge on any atom is -0.394 e. The van der Waals surface area contributed by atoms with E-state index in [0.29, 0.717) is 6.42 Å². The van der Waals surface area contributed by atoms with Gasteiger partial charge in [0.1, 0.15) is 0 Å². The lowest BCUT2D eigenvalue weighted by molar-refractivity contribution is -0.123. The Morgan fingerprint density at radius 3 is 1.19 bits per heavy atom. The summed E-state index contributed by atoms with van der Waals surface area (Å²) >= 11 is 0. The fraction of sp³-hybridized carbons (Fsp3) is 0.722. The summed E-state index contributed by atoms with van der Waals surface area (Å²) in [5.41, 5.74) is 0. The van der Waals surface area contributed by atoms with Crippen LogP contribution in [-0.2, 0) is 4.79 Å². The Balaban J connectivity index is 3.39. The number of hydrogen-bond acceptors (Lipinski definition) is 3. The summed E-state index contributed by atoms with van der Waals surface area (Å²) < 4.78 is 0. The van der Waals surface area contributed by atoms with Crippen LogP contribution in [0.4, 0.5) is 0 Å². The van der Waals surface area contributed by atoms with Crippen molar-refractivity contribution in [2.45, 2.75) is 244 Å². The SMILES string of the molecule is CC/C=C\C/C=C\C/C=C\C/C=C\C/C=C\CCCCCCCCCCCCCCCCCCCCCCCCCC(=O)NC(CO)C(O)/C=C/CC/C=C/CCC. The first-order chi connectivity index (χ1) is 28.7. The van der Waals surface area contributed by atoms with E-state index < -0.39 is 12.1 Å². The number of aliphatic hydroxyl groups excluding tert-OH is 2. The molecule has 0 aromatic carbocycles. The van der Waals surface area contributed by atoms with E-state index in [1.807, 2.05) is 6.08 Å². The van der Waals surface area contributed by atoms with Gasteiger partial charge >= 0.3 is 0 Å². The van der Waals surface area contributed by atoms with Crippen LogP contribution >= 0.6 is 0 Å². The summed E-state index contributed by atoms with van der Waals surface area (Å²) in [5, 5.41) is 22.8. The zero-order chi connectivity index (χ0) is 42.1. The van der Waals surface area contributed by atoms with Crippen molar-refractivity contribution in [3.05, 3.63) is 85.1 Å². The van der Waals surface area contributed by atoms with E-state index in [1.54, 1.807) is 6.08 Å². The third-order valence-electron chi connectivity index (χ3n) is 10.8. The van der Waals surface area contributed by atoms with Crippen molar-refractivity contribution >= 4 is 5.91 Å². The van der Waals surface area contributed by atoms with E-state index in [0.717, 1.165) is 70.6 Å². The van der Waals surface area contributed by atoms with E-state index in [-0.39, 0.29) is 12.5 Å². The van der Waals surface area contributed by atoms with Crippen molar-refractivity contribution in [1.29, 1.82) is 0 Å². The molecule has 0 aromatic rings. The number of rotatable bonds is 44. The second kappa shape index (κ2) is 48.9. The highest BCUT2D eigenvalue weighted by molar-refractivity contribution is 5.76. The topological polar surface area (TPSA) is 69.6 Å². The molecule has 1 amide bonds. The molecule has 4 heteroatoms. The van der Waals surface area contributed by atoms with Crippen molar-refractivity contribution in [2.24, 2.45) is 0 Å². The average molecular weight is 806 g/mol. The second-order valence-corrected chi connectivity index (χ2v) is 16.5. The molecule has 0 rings (SSSR count). The van der Waals surface area contributed by atoms with Gasteiger partial charge in [-0.15, -0.1) is 0 Å². The van der Waals surface area contributed by atoms with Crippen LogP contribution in [0.15, 0.2) is 85.1 Å². The summed E-state index contributed by atoms with van der Waals surface area (Å²) in [7, 11) is 0. The molecule has 0 saturated heterocycles. The first-order valence-corrected chi connectivity index (χ1v) is 24.8. The van der Waals surface area contributed by atoms with E-state index in [4.69, 9.17) is 0 Å². The lowest BCUT2D eigenvalue weighted by Gasteiger charge is -2.19. The fourth-order valence-electron chi connectivity index (χ4n) is 7.11. The maximum Gasteiger partial charge on any atom is 0.220 e. The summed E-state index contributed by atoms with van der Waals surface area (Å²) in [6, 6.07) is -0.636. The second-order valence-electron chi connectivity index (χ2n) is 16.5. The molecule has 2 unspecified atom stereocenters. The van der Waals surface area contributed by atoms with Gasteiger partial charge < -0.3 is 15.5 Å². The highest BCUT2D eigenvalue weighted by Crippen LogP contribution is 2.16. The monoisotopic (exact) mass is 806 g/mol. The van der Waals surface area contributed by atoms with Crippen molar-refractivity contribution in [1.82, 2.24) is 5.32 Å². The molecule has 334 valence electrons. The first-order valence-electron chi connectivity index (χ1n) is 24.8. The van der Waals surface area contributed by atoms with Crippen LogP contribution in [0.25, 0.3) is 0 Å².